The fraction of sp³-hybridized carbons (Fsp3) is 0.688. The van der Waals surface area contributed by atoms with Gasteiger partial charge in [0.2, 0.25) is 5.95 Å². The molecule has 0 bridgehead atoms. The Morgan fingerprint density at radius 1 is 1.45 bits per heavy atom. The average Bonchev–Trinajstić information content (AvgIpc) is 2.39. The molecule has 1 aromatic heterocycles. The topological polar surface area (TPSA) is 78.4 Å². The van der Waals surface area contributed by atoms with Crippen molar-refractivity contribution in [1.29, 1.82) is 0 Å². The van der Waals surface area contributed by atoms with Crippen molar-refractivity contribution in [2.24, 2.45) is 0 Å². The van der Waals surface area contributed by atoms with E-state index in [1.54, 1.807) is 6.20 Å². The number of hydrogen-bond acceptors (Lipinski definition) is 5. The Morgan fingerprint density at radius 3 is 2.68 bits per heavy atom. The fourth-order valence-electron chi connectivity index (χ4n) is 2.71. The number of hydrogen-bond donors (Lipinski definition) is 2. The molecule has 0 aliphatic heterocycles. The maximum absolute atomic E-state index is 10.8. The summed E-state index contributed by atoms with van der Waals surface area (Å²) >= 11 is 0. The maximum atomic E-state index is 10.8. The predicted molar refractivity (Wildman–Crippen MR) is 86.0 cm³/mol. The molecule has 1 fully saturated rings. The van der Waals surface area contributed by atoms with Crippen molar-refractivity contribution in [3.05, 3.63) is 18.0 Å². The monoisotopic (exact) mass is 306 g/mol. The Kier molecular flexibility index (Phi) is 5.01. The molecule has 0 atom stereocenters. The van der Waals surface area contributed by atoms with Crippen molar-refractivity contribution in [2.45, 2.75) is 58.0 Å². The number of aromatic nitrogens is 2. The number of carboxylic acid groups (broad SMARTS) is 1. The third-order valence-electron chi connectivity index (χ3n) is 4.13. The van der Waals surface area contributed by atoms with Crippen LogP contribution in [0.4, 0.5) is 5.95 Å². The summed E-state index contributed by atoms with van der Waals surface area (Å²) in [6.07, 6.45) is 3.66. The summed E-state index contributed by atoms with van der Waals surface area (Å²) in [6.45, 7) is 9.26. The van der Waals surface area contributed by atoms with Crippen molar-refractivity contribution < 1.29 is 9.90 Å². The SMILES string of the molecule is CCN(CC(=O)O)C1CC(Nc2nccc(C(C)(C)C)n2)C1. The largest absolute Gasteiger partial charge is 0.480 e. The Hall–Kier alpha value is -1.69. The van der Waals surface area contributed by atoms with Crippen LogP contribution in [-0.2, 0) is 10.2 Å². The van der Waals surface area contributed by atoms with Crippen molar-refractivity contribution in [1.82, 2.24) is 14.9 Å². The molecular formula is C16H26N4O2. The van der Waals surface area contributed by atoms with E-state index in [9.17, 15) is 4.79 Å². The van der Waals surface area contributed by atoms with Crippen molar-refractivity contribution in [2.75, 3.05) is 18.4 Å². The highest BCUT2D eigenvalue weighted by Crippen LogP contribution is 2.28. The number of aliphatic carboxylic acids is 1. The van der Waals surface area contributed by atoms with Crippen molar-refractivity contribution in [3.63, 3.8) is 0 Å². The molecule has 6 nitrogen and oxygen atoms in total. The molecule has 0 amide bonds. The van der Waals surface area contributed by atoms with Gasteiger partial charge in [-0.3, -0.25) is 9.69 Å². The summed E-state index contributed by atoms with van der Waals surface area (Å²) < 4.78 is 0. The minimum Gasteiger partial charge on any atom is -0.480 e. The van der Waals surface area contributed by atoms with Gasteiger partial charge in [0.1, 0.15) is 0 Å². The summed E-state index contributed by atoms with van der Waals surface area (Å²) in [5.74, 6) is -0.100. The normalized spacial score (nSPS) is 21.5. The van der Waals surface area contributed by atoms with Gasteiger partial charge in [-0.1, -0.05) is 27.7 Å². The number of nitrogens with one attached hydrogen (secondary N) is 1. The van der Waals surface area contributed by atoms with Crippen LogP contribution in [0, 0.1) is 0 Å². The van der Waals surface area contributed by atoms with Crippen LogP contribution in [0.15, 0.2) is 12.3 Å². The number of anilines is 1. The Labute approximate surface area is 132 Å². The molecule has 1 aliphatic carbocycles. The van der Waals surface area contributed by atoms with Gasteiger partial charge in [0.15, 0.2) is 0 Å². The summed E-state index contributed by atoms with van der Waals surface area (Å²) in [6, 6.07) is 2.60. The van der Waals surface area contributed by atoms with Gasteiger partial charge < -0.3 is 10.4 Å². The predicted octanol–water partition coefficient (Wildman–Crippen LogP) is 2.12. The van der Waals surface area contributed by atoms with Gasteiger partial charge in [-0.05, 0) is 25.5 Å². The first-order valence-electron chi connectivity index (χ1n) is 7.85. The zero-order chi connectivity index (χ0) is 16.3. The number of likely N-dealkylation sites (N-methyl/N-ethyl adjacent to an activating group) is 1. The van der Waals surface area contributed by atoms with Crippen LogP contribution in [0.3, 0.4) is 0 Å². The van der Waals surface area contributed by atoms with E-state index in [1.807, 2.05) is 17.9 Å². The van der Waals surface area contributed by atoms with Gasteiger partial charge in [-0.15, -0.1) is 0 Å². The molecule has 22 heavy (non-hydrogen) atoms. The first-order chi connectivity index (χ1) is 10.3. The molecule has 1 aliphatic rings. The number of rotatable bonds is 6. The molecule has 1 heterocycles. The van der Waals surface area contributed by atoms with Crippen molar-refractivity contribution >= 4 is 11.9 Å². The molecule has 0 saturated heterocycles. The van der Waals surface area contributed by atoms with E-state index in [-0.39, 0.29) is 12.0 Å². The second kappa shape index (κ2) is 6.60. The first-order valence-corrected chi connectivity index (χ1v) is 7.85. The van der Waals surface area contributed by atoms with Crippen LogP contribution in [0.1, 0.15) is 46.2 Å². The second-order valence-electron chi connectivity index (χ2n) is 6.94. The number of carboxylic acids is 1. The number of nitrogens with zero attached hydrogens (tertiary/aromatic N) is 3. The average molecular weight is 306 g/mol. The van der Waals surface area contributed by atoms with Crippen LogP contribution >= 0.6 is 0 Å². The van der Waals surface area contributed by atoms with Crippen LogP contribution < -0.4 is 5.32 Å². The Balaban J connectivity index is 1.89. The third kappa shape index (κ3) is 4.16. The van der Waals surface area contributed by atoms with Gasteiger partial charge >= 0.3 is 5.97 Å². The second-order valence-corrected chi connectivity index (χ2v) is 6.94. The standard InChI is InChI=1S/C16H26N4O2/c1-5-20(10-14(21)22)12-8-11(9-12)18-15-17-7-6-13(19-15)16(2,3)4/h6-7,11-12H,5,8-10H2,1-4H3,(H,21,22)(H,17,18,19). The zero-order valence-corrected chi connectivity index (χ0v) is 13.8. The van der Waals surface area contributed by atoms with Gasteiger partial charge in [0.05, 0.1) is 12.2 Å². The molecule has 0 aromatic carbocycles. The Bertz CT molecular complexity index is 521. The molecular weight excluding hydrogens is 280 g/mol. The van der Waals surface area contributed by atoms with E-state index in [4.69, 9.17) is 5.11 Å². The molecule has 1 aromatic rings. The third-order valence-corrected chi connectivity index (χ3v) is 4.13. The fourth-order valence-corrected chi connectivity index (χ4v) is 2.71. The van der Waals surface area contributed by atoms with Crippen LogP contribution in [0.5, 0.6) is 0 Å². The minimum atomic E-state index is -0.764. The highest BCUT2D eigenvalue weighted by molar-refractivity contribution is 5.69. The van der Waals surface area contributed by atoms with Crippen LogP contribution in [0.2, 0.25) is 0 Å². The molecule has 122 valence electrons. The molecule has 0 radical (unpaired) electrons. The first kappa shape index (κ1) is 16.7. The van der Waals surface area contributed by atoms with Gasteiger partial charge in [-0.25, -0.2) is 9.97 Å². The molecule has 1 saturated carbocycles. The number of carbonyl (C=O) groups is 1. The lowest BCUT2D eigenvalue weighted by Gasteiger charge is -2.42. The molecule has 0 spiro atoms. The minimum absolute atomic E-state index is 0.00200. The summed E-state index contributed by atoms with van der Waals surface area (Å²) in [5.41, 5.74) is 1.02. The molecule has 6 heteroatoms. The quantitative estimate of drug-likeness (QED) is 0.838. The molecule has 2 N–H and O–H groups in total. The molecule has 2 rings (SSSR count). The van der Waals surface area contributed by atoms with Crippen molar-refractivity contribution in [3.8, 4) is 0 Å². The van der Waals surface area contributed by atoms with E-state index in [2.05, 4.69) is 36.1 Å². The summed E-state index contributed by atoms with van der Waals surface area (Å²) in [7, 11) is 0. The van der Waals surface area contributed by atoms with Gasteiger partial charge in [0, 0.05) is 23.7 Å². The highest BCUT2D eigenvalue weighted by atomic mass is 16.4. The van der Waals surface area contributed by atoms with E-state index < -0.39 is 5.97 Å². The summed E-state index contributed by atoms with van der Waals surface area (Å²) in [4.78, 5) is 21.7. The smallest absolute Gasteiger partial charge is 0.317 e. The molecule has 0 unspecified atom stereocenters. The van der Waals surface area contributed by atoms with E-state index in [0.29, 0.717) is 18.0 Å². The Morgan fingerprint density at radius 2 is 2.14 bits per heavy atom. The maximum Gasteiger partial charge on any atom is 0.317 e. The zero-order valence-electron chi connectivity index (χ0n) is 13.8. The summed E-state index contributed by atoms with van der Waals surface area (Å²) in [5, 5.41) is 12.3. The van der Waals surface area contributed by atoms with Gasteiger partial charge in [0.25, 0.3) is 0 Å². The lowest BCUT2D eigenvalue weighted by molar-refractivity contribution is -0.139. The van der Waals surface area contributed by atoms with Gasteiger partial charge in [-0.2, -0.15) is 0 Å². The van der Waals surface area contributed by atoms with Crippen LogP contribution in [-0.4, -0.2) is 51.1 Å². The van der Waals surface area contributed by atoms with E-state index >= 15 is 0 Å². The van der Waals surface area contributed by atoms with E-state index in [1.165, 1.54) is 0 Å². The van der Waals surface area contributed by atoms with E-state index in [0.717, 1.165) is 25.1 Å². The van der Waals surface area contributed by atoms with Crippen LogP contribution in [0.25, 0.3) is 0 Å². The lowest BCUT2D eigenvalue weighted by atomic mass is 9.85. The lowest BCUT2D eigenvalue weighted by Crippen LogP contribution is -2.51. The highest BCUT2D eigenvalue weighted by Gasteiger charge is 2.34.